The monoisotopic (exact) mass is 360 g/mol. The molecule has 0 saturated carbocycles. The van der Waals surface area contributed by atoms with Gasteiger partial charge in [-0.05, 0) is 52.3 Å². The predicted molar refractivity (Wildman–Crippen MR) is 103 cm³/mol. The van der Waals surface area contributed by atoms with Gasteiger partial charge in [0.1, 0.15) is 10.5 Å². The zero-order chi connectivity index (χ0) is 17.6. The SMILES string of the molecule is CCN1C(=O)C(C)(C)N=C(c2ccc(Cl)cc2)c2c1sc(C)c2C. The number of hydrogen-bond donors (Lipinski definition) is 0. The van der Waals surface area contributed by atoms with Crippen LogP contribution in [-0.4, -0.2) is 23.7 Å². The van der Waals surface area contributed by atoms with Crippen molar-refractivity contribution in [2.24, 2.45) is 4.99 Å². The van der Waals surface area contributed by atoms with Gasteiger partial charge < -0.3 is 4.90 Å². The van der Waals surface area contributed by atoms with E-state index >= 15 is 0 Å². The Labute approximate surface area is 152 Å². The van der Waals surface area contributed by atoms with Gasteiger partial charge in [-0.1, -0.05) is 23.7 Å². The quantitative estimate of drug-likeness (QED) is 0.741. The topological polar surface area (TPSA) is 32.7 Å². The average Bonchev–Trinajstić information content (AvgIpc) is 2.78. The first-order chi connectivity index (χ1) is 11.3. The molecule has 1 amide bonds. The van der Waals surface area contributed by atoms with Crippen molar-refractivity contribution in [2.45, 2.75) is 40.2 Å². The molecule has 1 aromatic carbocycles. The molecule has 0 fully saturated rings. The zero-order valence-corrected chi connectivity index (χ0v) is 16.2. The zero-order valence-electron chi connectivity index (χ0n) is 14.6. The van der Waals surface area contributed by atoms with Crippen LogP contribution in [0.5, 0.6) is 0 Å². The van der Waals surface area contributed by atoms with E-state index in [9.17, 15) is 4.79 Å². The van der Waals surface area contributed by atoms with Crippen LogP contribution in [0.4, 0.5) is 5.00 Å². The number of fused-ring (bicyclic) bond motifs is 1. The third-order valence-electron chi connectivity index (χ3n) is 4.44. The van der Waals surface area contributed by atoms with E-state index in [1.807, 2.05) is 49.9 Å². The summed E-state index contributed by atoms with van der Waals surface area (Å²) in [6, 6.07) is 7.68. The van der Waals surface area contributed by atoms with Crippen LogP contribution in [0, 0.1) is 13.8 Å². The highest BCUT2D eigenvalue weighted by atomic mass is 35.5. The summed E-state index contributed by atoms with van der Waals surface area (Å²) in [5.74, 6) is 0.0384. The second-order valence-corrected chi connectivity index (χ2v) is 8.18. The van der Waals surface area contributed by atoms with E-state index in [-0.39, 0.29) is 5.91 Å². The predicted octanol–water partition coefficient (Wildman–Crippen LogP) is 5.00. The van der Waals surface area contributed by atoms with Gasteiger partial charge in [-0.2, -0.15) is 0 Å². The first kappa shape index (κ1) is 17.2. The fourth-order valence-electron chi connectivity index (χ4n) is 2.99. The Morgan fingerprint density at radius 3 is 2.42 bits per heavy atom. The van der Waals surface area contributed by atoms with Gasteiger partial charge >= 0.3 is 0 Å². The molecule has 0 bridgehead atoms. The number of rotatable bonds is 2. The Hall–Kier alpha value is -1.65. The highest BCUT2D eigenvalue weighted by Gasteiger charge is 2.38. The van der Waals surface area contributed by atoms with Crippen molar-refractivity contribution >= 4 is 39.6 Å². The second kappa shape index (κ2) is 6.01. The molecule has 2 aromatic rings. The first-order valence-electron chi connectivity index (χ1n) is 8.04. The summed E-state index contributed by atoms with van der Waals surface area (Å²) in [4.78, 5) is 21.0. The van der Waals surface area contributed by atoms with E-state index in [0.717, 1.165) is 21.8 Å². The molecule has 1 aliphatic heterocycles. The van der Waals surface area contributed by atoms with Crippen molar-refractivity contribution in [1.29, 1.82) is 0 Å². The molecule has 2 heterocycles. The van der Waals surface area contributed by atoms with Crippen LogP contribution in [0.2, 0.25) is 5.02 Å². The van der Waals surface area contributed by atoms with Gasteiger partial charge in [0.15, 0.2) is 0 Å². The number of nitrogens with zero attached hydrogens (tertiary/aromatic N) is 2. The molecular formula is C19H21ClN2OS. The van der Waals surface area contributed by atoms with Gasteiger partial charge in [0.05, 0.1) is 5.71 Å². The molecule has 1 aliphatic rings. The Balaban J connectivity index is 2.33. The van der Waals surface area contributed by atoms with E-state index in [1.165, 1.54) is 10.4 Å². The van der Waals surface area contributed by atoms with Gasteiger partial charge in [-0.15, -0.1) is 11.3 Å². The number of carbonyl (C=O) groups excluding carboxylic acids is 1. The maximum absolute atomic E-state index is 13.0. The van der Waals surface area contributed by atoms with Gasteiger partial charge in [0.2, 0.25) is 0 Å². The average molecular weight is 361 g/mol. The third-order valence-corrected chi connectivity index (χ3v) is 5.92. The minimum Gasteiger partial charge on any atom is -0.301 e. The van der Waals surface area contributed by atoms with Gasteiger partial charge in [0, 0.05) is 27.6 Å². The molecule has 0 unspecified atom stereocenters. The van der Waals surface area contributed by atoms with Crippen molar-refractivity contribution in [1.82, 2.24) is 0 Å². The fraction of sp³-hybridized carbons (Fsp3) is 0.368. The molecule has 0 spiro atoms. The van der Waals surface area contributed by atoms with Crippen molar-refractivity contribution in [3.8, 4) is 0 Å². The molecule has 3 rings (SSSR count). The van der Waals surface area contributed by atoms with E-state index in [0.29, 0.717) is 11.6 Å². The van der Waals surface area contributed by atoms with Crippen LogP contribution in [0.3, 0.4) is 0 Å². The van der Waals surface area contributed by atoms with Crippen LogP contribution in [0.25, 0.3) is 0 Å². The summed E-state index contributed by atoms with van der Waals surface area (Å²) < 4.78 is 0. The summed E-state index contributed by atoms with van der Waals surface area (Å²) in [5.41, 5.74) is 3.32. The molecule has 0 radical (unpaired) electrons. The molecule has 0 saturated heterocycles. The van der Waals surface area contributed by atoms with E-state index < -0.39 is 5.54 Å². The van der Waals surface area contributed by atoms with Crippen LogP contribution in [-0.2, 0) is 4.79 Å². The van der Waals surface area contributed by atoms with Gasteiger partial charge in [0.25, 0.3) is 5.91 Å². The molecular weight excluding hydrogens is 340 g/mol. The Morgan fingerprint density at radius 1 is 1.21 bits per heavy atom. The number of aryl methyl sites for hydroxylation is 1. The molecule has 3 nitrogen and oxygen atoms in total. The second-order valence-electron chi connectivity index (χ2n) is 6.54. The number of aliphatic imine (C=N–C) groups is 1. The van der Waals surface area contributed by atoms with Crippen LogP contribution in [0.15, 0.2) is 29.3 Å². The summed E-state index contributed by atoms with van der Waals surface area (Å²) in [5, 5.41) is 1.69. The van der Waals surface area contributed by atoms with Crippen molar-refractivity contribution < 1.29 is 4.79 Å². The summed E-state index contributed by atoms with van der Waals surface area (Å²) in [6.45, 7) is 10.6. The molecule has 0 aliphatic carbocycles. The van der Waals surface area contributed by atoms with E-state index in [4.69, 9.17) is 16.6 Å². The molecule has 5 heteroatoms. The Kier molecular flexibility index (Phi) is 4.30. The summed E-state index contributed by atoms with van der Waals surface area (Å²) in [7, 11) is 0. The lowest BCUT2D eigenvalue weighted by Gasteiger charge is -2.25. The number of likely N-dealkylation sites (N-methyl/N-ethyl adjacent to an activating group) is 1. The lowest BCUT2D eigenvalue weighted by atomic mass is 9.99. The number of hydrogen-bond acceptors (Lipinski definition) is 3. The standard InChI is InChI=1S/C19H21ClN2OS/c1-6-22-17-15(11(2)12(3)24-17)16(21-19(4,5)18(22)23)13-7-9-14(20)10-8-13/h7-10H,6H2,1-5H3. The normalized spacial score (nSPS) is 16.7. The Morgan fingerprint density at radius 2 is 1.83 bits per heavy atom. The highest BCUT2D eigenvalue weighted by Crippen LogP contribution is 2.41. The highest BCUT2D eigenvalue weighted by molar-refractivity contribution is 7.17. The molecule has 0 atom stereocenters. The van der Waals surface area contributed by atoms with Crippen LogP contribution in [0.1, 0.15) is 42.3 Å². The number of amides is 1. The van der Waals surface area contributed by atoms with Crippen LogP contribution >= 0.6 is 22.9 Å². The fourth-order valence-corrected chi connectivity index (χ4v) is 4.33. The number of thiophene rings is 1. The number of halogens is 1. The minimum atomic E-state index is -0.802. The maximum Gasteiger partial charge on any atom is 0.254 e. The molecule has 126 valence electrons. The van der Waals surface area contributed by atoms with Crippen molar-refractivity contribution in [3.05, 3.63) is 50.9 Å². The smallest absolute Gasteiger partial charge is 0.254 e. The first-order valence-corrected chi connectivity index (χ1v) is 9.23. The number of carbonyl (C=O) groups is 1. The van der Waals surface area contributed by atoms with Crippen molar-refractivity contribution in [2.75, 3.05) is 11.4 Å². The number of benzene rings is 1. The molecule has 24 heavy (non-hydrogen) atoms. The van der Waals surface area contributed by atoms with Gasteiger partial charge in [-0.3, -0.25) is 9.79 Å². The van der Waals surface area contributed by atoms with Crippen molar-refractivity contribution in [3.63, 3.8) is 0 Å². The largest absolute Gasteiger partial charge is 0.301 e. The molecule has 1 aromatic heterocycles. The van der Waals surface area contributed by atoms with E-state index in [2.05, 4.69) is 13.8 Å². The van der Waals surface area contributed by atoms with Gasteiger partial charge in [-0.25, -0.2) is 0 Å². The third kappa shape index (κ3) is 2.68. The van der Waals surface area contributed by atoms with E-state index in [1.54, 1.807) is 11.3 Å². The minimum absolute atomic E-state index is 0.0384. The lowest BCUT2D eigenvalue weighted by Crippen LogP contribution is -2.43. The molecule has 0 N–H and O–H groups in total. The van der Waals surface area contributed by atoms with Crippen LogP contribution < -0.4 is 4.90 Å². The maximum atomic E-state index is 13.0. The number of anilines is 1. The Bertz CT molecular complexity index is 834. The summed E-state index contributed by atoms with van der Waals surface area (Å²) >= 11 is 7.71. The summed E-state index contributed by atoms with van der Waals surface area (Å²) in [6.07, 6.45) is 0. The lowest BCUT2D eigenvalue weighted by molar-refractivity contribution is -0.122.